The first kappa shape index (κ1) is 27.3. The minimum absolute atomic E-state index is 0.0211. The summed E-state index contributed by atoms with van der Waals surface area (Å²) in [5, 5.41) is 6.53. The normalized spacial score (nSPS) is 18.2. The number of amides is 1. The molecule has 0 spiro atoms. The van der Waals surface area contributed by atoms with Crippen molar-refractivity contribution in [2.75, 3.05) is 56.9 Å². The number of nitrogens with zero attached hydrogens (tertiary/aromatic N) is 4. The van der Waals surface area contributed by atoms with Crippen LogP contribution in [0.3, 0.4) is 0 Å². The maximum Gasteiger partial charge on any atom is 0.227 e. The summed E-state index contributed by atoms with van der Waals surface area (Å²) in [6, 6.07) is 16.9. The molecule has 1 aliphatic heterocycles. The van der Waals surface area contributed by atoms with E-state index in [1.165, 1.54) is 22.3 Å². The van der Waals surface area contributed by atoms with Gasteiger partial charge in [-0.3, -0.25) is 4.79 Å². The van der Waals surface area contributed by atoms with E-state index in [9.17, 15) is 4.79 Å². The van der Waals surface area contributed by atoms with Gasteiger partial charge in [0.25, 0.3) is 0 Å². The third-order valence-electron chi connectivity index (χ3n) is 8.16. The first-order valence-electron chi connectivity index (χ1n) is 14.5. The van der Waals surface area contributed by atoms with E-state index in [1.807, 2.05) is 25.3 Å². The number of carbonyl (C=O) groups excluding carboxylic acids is 1. The van der Waals surface area contributed by atoms with Crippen LogP contribution in [0, 0.1) is 5.92 Å². The van der Waals surface area contributed by atoms with E-state index in [4.69, 9.17) is 4.98 Å². The van der Waals surface area contributed by atoms with Crippen molar-refractivity contribution in [1.82, 2.24) is 19.8 Å². The van der Waals surface area contributed by atoms with Crippen molar-refractivity contribution in [3.63, 3.8) is 0 Å². The lowest BCUT2D eigenvalue weighted by molar-refractivity contribution is -0.119. The first-order chi connectivity index (χ1) is 19.0. The van der Waals surface area contributed by atoms with Crippen LogP contribution in [0.1, 0.15) is 55.7 Å². The Labute approximate surface area is 233 Å². The summed E-state index contributed by atoms with van der Waals surface area (Å²) < 4.78 is 0. The van der Waals surface area contributed by atoms with Gasteiger partial charge in [-0.05, 0) is 61.7 Å². The molecule has 2 atom stereocenters. The maximum atomic E-state index is 12.4. The van der Waals surface area contributed by atoms with Crippen LogP contribution < -0.4 is 10.6 Å². The van der Waals surface area contributed by atoms with E-state index in [2.05, 4.69) is 75.8 Å². The molecule has 2 aliphatic rings. The Bertz CT molecular complexity index is 1250. The highest BCUT2D eigenvalue weighted by Gasteiger charge is 2.27. The number of anilines is 2. The third kappa shape index (κ3) is 6.65. The summed E-state index contributed by atoms with van der Waals surface area (Å²) in [6.45, 7) is 10.7. The van der Waals surface area contributed by atoms with Crippen molar-refractivity contribution >= 4 is 17.5 Å². The average Bonchev–Trinajstić information content (AvgIpc) is 2.96. The van der Waals surface area contributed by atoms with Crippen LogP contribution in [0.15, 0.2) is 54.7 Å². The zero-order chi connectivity index (χ0) is 27.2. The van der Waals surface area contributed by atoms with Gasteiger partial charge in [0, 0.05) is 62.0 Å². The maximum absolute atomic E-state index is 12.4. The van der Waals surface area contributed by atoms with Crippen LogP contribution in [0.2, 0.25) is 0 Å². The van der Waals surface area contributed by atoms with Crippen molar-refractivity contribution < 1.29 is 4.79 Å². The number of rotatable bonds is 10. The zero-order valence-corrected chi connectivity index (χ0v) is 23.6. The minimum Gasteiger partial charge on any atom is -0.354 e. The third-order valence-corrected chi connectivity index (χ3v) is 8.16. The molecule has 0 radical (unpaired) electrons. The predicted octanol–water partition coefficient (Wildman–Crippen LogP) is 5.26. The van der Waals surface area contributed by atoms with Crippen LogP contribution in [0.25, 0.3) is 11.3 Å². The van der Waals surface area contributed by atoms with Gasteiger partial charge in [-0.25, -0.2) is 9.97 Å². The quantitative estimate of drug-likeness (QED) is 0.351. The summed E-state index contributed by atoms with van der Waals surface area (Å²) in [4.78, 5) is 27.0. The van der Waals surface area contributed by atoms with Gasteiger partial charge < -0.3 is 20.4 Å². The summed E-state index contributed by atoms with van der Waals surface area (Å²) in [5.41, 5.74) is 6.76. The Kier molecular flexibility index (Phi) is 8.89. The molecule has 0 saturated carbocycles. The van der Waals surface area contributed by atoms with E-state index >= 15 is 0 Å². The molecule has 39 heavy (non-hydrogen) atoms. The molecule has 2 N–H and O–H groups in total. The standard InChI is InChI=1S/C32H42N6O/c1-4-8-23(2)31(39)35-26-13-11-24(12-14-26)29-21-25-22-34-32(36-30(25)28-10-6-5-9-27(28)29)33-15-7-16-38-19-17-37(3)18-20-38/h5-6,9-14,22-23,29H,4,7-8,15-21H2,1-3H3,(H,35,39)(H,33,34,36). The highest BCUT2D eigenvalue weighted by atomic mass is 16.1. The van der Waals surface area contributed by atoms with E-state index in [0.29, 0.717) is 5.95 Å². The molecular weight excluding hydrogens is 484 g/mol. The number of hydrogen-bond donors (Lipinski definition) is 2. The first-order valence-corrected chi connectivity index (χ1v) is 14.5. The van der Waals surface area contributed by atoms with Crippen LogP contribution in [-0.4, -0.2) is 72.0 Å². The van der Waals surface area contributed by atoms with Gasteiger partial charge in [0.15, 0.2) is 0 Å². The highest BCUT2D eigenvalue weighted by Crippen LogP contribution is 2.42. The lowest BCUT2D eigenvalue weighted by Crippen LogP contribution is -2.44. The molecule has 206 valence electrons. The number of benzene rings is 2. The Morgan fingerprint density at radius 2 is 1.85 bits per heavy atom. The van der Waals surface area contributed by atoms with Gasteiger partial charge in [0.1, 0.15) is 0 Å². The summed E-state index contributed by atoms with van der Waals surface area (Å²) in [7, 11) is 2.19. The molecule has 1 saturated heterocycles. The number of fused-ring (bicyclic) bond motifs is 3. The number of carbonyl (C=O) groups is 1. The van der Waals surface area contributed by atoms with Crippen molar-refractivity contribution in [3.8, 4) is 11.3 Å². The molecule has 1 aliphatic carbocycles. The molecule has 1 amide bonds. The van der Waals surface area contributed by atoms with Crippen LogP contribution >= 0.6 is 0 Å². The fourth-order valence-electron chi connectivity index (χ4n) is 5.72. The minimum atomic E-state index is 0.0211. The second kappa shape index (κ2) is 12.7. The molecule has 1 fully saturated rings. The molecular formula is C32H42N6O. The number of nitrogens with one attached hydrogen (secondary N) is 2. The number of piperazine rings is 1. The number of aromatic nitrogens is 2. The summed E-state index contributed by atoms with van der Waals surface area (Å²) in [5.74, 6) is 1.04. The van der Waals surface area contributed by atoms with Crippen LogP contribution in [0.4, 0.5) is 11.6 Å². The lowest BCUT2D eigenvalue weighted by Gasteiger charge is -2.32. The van der Waals surface area contributed by atoms with Gasteiger partial charge in [0.05, 0.1) is 5.69 Å². The van der Waals surface area contributed by atoms with Crippen molar-refractivity contribution in [3.05, 3.63) is 71.4 Å². The predicted molar refractivity (Wildman–Crippen MR) is 159 cm³/mol. The van der Waals surface area contributed by atoms with Gasteiger partial charge in [-0.2, -0.15) is 0 Å². The fraction of sp³-hybridized carbons (Fsp3) is 0.469. The monoisotopic (exact) mass is 526 g/mol. The molecule has 5 rings (SSSR count). The van der Waals surface area contributed by atoms with Gasteiger partial charge in [0.2, 0.25) is 11.9 Å². The van der Waals surface area contributed by atoms with Crippen molar-refractivity contribution in [2.45, 2.75) is 45.4 Å². The van der Waals surface area contributed by atoms with Crippen LogP contribution in [-0.2, 0) is 11.2 Å². The summed E-state index contributed by atoms with van der Waals surface area (Å²) >= 11 is 0. The zero-order valence-electron chi connectivity index (χ0n) is 23.6. The Hall–Kier alpha value is -3.29. The lowest BCUT2D eigenvalue weighted by atomic mass is 9.78. The van der Waals surface area contributed by atoms with E-state index < -0.39 is 0 Å². The Morgan fingerprint density at radius 3 is 2.62 bits per heavy atom. The second-order valence-electron chi connectivity index (χ2n) is 11.1. The van der Waals surface area contributed by atoms with Crippen molar-refractivity contribution in [1.29, 1.82) is 0 Å². The SMILES string of the molecule is CCCC(C)C(=O)Nc1ccc(C2Cc3cnc(NCCCN4CCN(C)CC4)nc3-c3ccccc32)cc1. The van der Waals surface area contributed by atoms with Crippen molar-refractivity contribution in [2.24, 2.45) is 5.92 Å². The van der Waals surface area contributed by atoms with Gasteiger partial charge >= 0.3 is 0 Å². The van der Waals surface area contributed by atoms with Gasteiger partial charge in [-0.15, -0.1) is 0 Å². The number of hydrogen-bond acceptors (Lipinski definition) is 6. The van der Waals surface area contributed by atoms with E-state index in [-0.39, 0.29) is 17.7 Å². The average molecular weight is 527 g/mol. The summed E-state index contributed by atoms with van der Waals surface area (Å²) in [6.07, 6.45) is 5.84. The van der Waals surface area contributed by atoms with E-state index in [1.54, 1.807) is 0 Å². The smallest absolute Gasteiger partial charge is 0.227 e. The Balaban J connectivity index is 1.24. The largest absolute Gasteiger partial charge is 0.354 e. The van der Waals surface area contributed by atoms with E-state index in [0.717, 1.165) is 76.3 Å². The second-order valence-corrected chi connectivity index (χ2v) is 11.1. The van der Waals surface area contributed by atoms with Gasteiger partial charge in [-0.1, -0.05) is 56.7 Å². The Morgan fingerprint density at radius 1 is 1.08 bits per heavy atom. The molecule has 0 bridgehead atoms. The molecule has 3 aromatic rings. The molecule has 7 heteroatoms. The molecule has 2 unspecified atom stereocenters. The molecule has 2 aromatic carbocycles. The topological polar surface area (TPSA) is 73.4 Å². The molecule has 2 heterocycles. The highest BCUT2D eigenvalue weighted by molar-refractivity contribution is 5.92. The van der Waals surface area contributed by atoms with Crippen LogP contribution in [0.5, 0.6) is 0 Å². The molecule has 7 nitrogen and oxygen atoms in total. The fourth-order valence-corrected chi connectivity index (χ4v) is 5.72. The molecule has 1 aromatic heterocycles. The number of likely N-dealkylation sites (N-methyl/N-ethyl adjacent to an activating group) is 1.